The molecule has 3 aromatic rings. The zero-order chi connectivity index (χ0) is 24.5. The van der Waals surface area contributed by atoms with Gasteiger partial charge in [0.1, 0.15) is 17.6 Å². The number of fused-ring (bicyclic) bond motifs is 3. The lowest BCUT2D eigenvalue weighted by atomic mass is 9.98. The van der Waals surface area contributed by atoms with Gasteiger partial charge in [0.25, 0.3) is 5.91 Å². The predicted molar refractivity (Wildman–Crippen MR) is 138 cm³/mol. The molecule has 0 N–H and O–H groups in total. The summed E-state index contributed by atoms with van der Waals surface area (Å²) in [7, 11) is 1.67. The summed E-state index contributed by atoms with van der Waals surface area (Å²) in [4.78, 5) is 16.7. The van der Waals surface area contributed by atoms with E-state index in [1.165, 1.54) is 10.5 Å². The van der Waals surface area contributed by atoms with Crippen molar-refractivity contribution in [3.8, 4) is 23.0 Å². The van der Waals surface area contributed by atoms with Crippen LogP contribution in [0.3, 0.4) is 0 Å². The summed E-state index contributed by atoms with van der Waals surface area (Å²) in [6.07, 6.45) is 3.88. The normalized spacial score (nSPS) is 21.9. The van der Waals surface area contributed by atoms with Crippen molar-refractivity contribution in [2.75, 3.05) is 13.9 Å². The van der Waals surface area contributed by atoms with Crippen LogP contribution in [-0.2, 0) is 5.75 Å². The lowest BCUT2D eigenvalue weighted by Crippen LogP contribution is -2.49. The van der Waals surface area contributed by atoms with Crippen molar-refractivity contribution >= 4 is 17.7 Å². The second-order valence-electron chi connectivity index (χ2n) is 9.48. The van der Waals surface area contributed by atoms with E-state index < -0.39 is 0 Å². The number of hydrogen-bond donors (Lipinski definition) is 0. The van der Waals surface area contributed by atoms with Crippen molar-refractivity contribution in [2.45, 2.75) is 54.5 Å². The number of carbonyl (C=O) groups excluding carboxylic acids is 1. The van der Waals surface area contributed by atoms with Gasteiger partial charge in [-0.25, -0.2) is 0 Å². The third kappa shape index (κ3) is 4.72. The first kappa shape index (κ1) is 23.1. The number of nitrogens with zero attached hydrogens (tertiary/aromatic N) is 1. The molecular formula is C29H29NO5S. The lowest BCUT2D eigenvalue weighted by molar-refractivity contribution is 0.0358. The molecule has 3 heterocycles. The maximum absolute atomic E-state index is 13.4. The molecule has 2 saturated heterocycles. The SMILES string of the molecule is COc1ccc(SCc2ccc(C(=O)N3C4CCC3CC(Oc3ccc5c(c3)OCO5)C4)cc2)cc1. The predicted octanol–water partition coefficient (Wildman–Crippen LogP) is 5.93. The molecule has 7 heteroatoms. The quantitative estimate of drug-likeness (QED) is 0.373. The van der Waals surface area contributed by atoms with E-state index in [9.17, 15) is 4.79 Å². The zero-order valence-corrected chi connectivity index (χ0v) is 21.0. The molecule has 3 aliphatic heterocycles. The van der Waals surface area contributed by atoms with Crippen molar-refractivity contribution in [2.24, 2.45) is 0 Å². The molecule has 2 atom stereocenters. The Morgan fingerprint density at radius 3 is 2.33 bits per heavy atom. The van der Waals surface area contributed by atoms with Crippen LogP contribution in [0.2, 0.25) is 0 Å². The van der Waals surface area contributed by atoms with Crippen LogP contribution in [0.1, 0.15) is 41.6 Å². The Morgan fingerprint density at radius 2 is 1.61 bits per heavy atom. The fourth-order valence-corrected chi connectivity index (χ4v) is 6.28. The molecule has 36 heavy (non-hydrogen) atoms. The van der Waals surface area contributed by atoms with Gasteiger partial charge in [0.05, 0.1) is 7.11 Å². The van der Waals surface area contributed by atoms with E-state index in [4.69, 9.17) is 18.9 Å². The summed E-state index contributed by atoms with van der Waals surface area (Å²) < 4.78 is 22.4. The van der Waals surface area contributed by atoms with Crippen molar-refractivity contribution < 1.29 is 23.7 Å². The molecule has 1 amide bonds. The van der Waals surface area contributed by atoms with Gasteiger partial charge < -0.3 is 23.8 Å². The first-order valence-corrected chi connectivity index (χ1v) is 13.4. The Morgan fingerprint density at radius 1 is 0.917 bits per heavy atom. The number of thioether (sulfide) groups is 1. The monoisotopic (exact) mass is 503 g/mol. The van der Waals surface area contributed by atoms with E-state index >= 15 is 0 Å². The molecule has 6 rings (SSSR count). The van der Waals surface area contributed by atoms with Crippen LogP contribution in [0.25, 0.3) is 0 Å². The molecule has 3 aromatic carbocycles. The molecule has 0 saturated carbocycles. The molecule has 2 fully saturated rings. The third-order valence-electron chi connectivity index (χ3n) is 7.24. The summed E-state index contributed by atoms with van der Waals surface area (Å²) >= 11 is 1.77. The molecule has 2 unspecified atom stereocenters. The molecule has 6 nitrogen and oxygen atoms in total. The summed E-state index contributed by atoms with van der Waals surface area (Å²) in [6.45, 7) is 0.256. The Bertz CT molecular complexity index is 1220. The maximum Gasteiger partial charge on any atom is 0.254 e. The first-order chi connectivity index (χ1) is 17.7. The molecule has 0 aromatic heterocycles. The molecule has 186 valence electrons. The smallest absolute Gasteiger partial charge is 0.254 e. The third-order valence-corrected chi connectivity index (χ3v) is 8.32. The molecule has 0 radical (unpaired) electrons. The molecular weight excluding hydrogens is 474 g/mol. The van der Waals surface area contributed by atoms with Gasteiger partial charge in [0.2, 0.25) is 6.79 Å². The average molecular weight is 504 g/mol. The van der Waals surface area contributed by atoms with E-state index in [-0.39, 0.29) is 30.9 Å². The zero-order valence-electron chi connectivity index (χ0n) is 20.2. The topological polar surface area (TPSA) is 57.2 Å². The van der Waals surface area contributed by atoms with Crippen LogP contribution in [-0.4, -0.2) is 42.9 Å². The largest absolute Gasteiger partial charge is 0.497 e. The van der Waals surface area contributed by atoms with Gasteiger partial charge in [-0.2, -0.15) is 0 Å². The Kier molecular flexibility index (Phi) is 6.40. The van der Waals surface area contributed by atoms with Gasteiger partial charge in [-0.1, -0.05) is 12.1 Å². The van der Waals surface area contributed by atoms with Gasteiger partial charge in [0, 0.05) is 47.2 Å². The van der Waals surface area contributed by atoms with Crippen molar-refractivity contribution in [1.29, 1.82) is 0 Å². The van der Waals surface area contributed by atoms with Gasteiger partial charge in [-0.3, -0.25) is 4.79 Å². The van der Waals surface area contributed by atoms with Gasteiger partial charge in [-0.15, -0.1) is 11.8 Å². The minimum Gasteiger partial charge on any atom is -0.497 e. The lowest BCUT2D eigenvalue weighted by Gasteiger charge is -2.39. The van der Waals surface area contributed by atoms with Crippen LogP contribution in [0.15, 0.2) is 71.6 Å². The minimum absolute atomic E-state index is 0.101. The number of hydrogen-bond acceptors (Lipinski definition) is 6. The van der Waals surface area contributed by atoms with Crippen molar-refractivity contribution in [3.63, 3.8) is 0 Å². The highest BCUT2D eigenvalue weighted by Crippen LogP contribution is 2.40. The Hall–Kier alpha value is -3.32. The number of methoxy groups -OCH3 is 1. The van der Waals surface area contributed by atoms with Crippen molar-refractivity contribution in [3.05, 3.63) is 77.9 Å². The van der Waals surface area contributed by atoms with E-state index in [2.05, 4.69) is 29.2 Å². The number of amides is 1. The van der Waals surface area contributed by atoms with Crippen LogP contribution >= 0.6 is 11.8 Å². The highest BCUT2D eigenvalue weighted by atomic mass is 32.2. The van der Waals surface area contributed by atoms with Crippen LogP contribution in [0.5, 0.6) is 23.0 Å². The molecule has 0 spiro atoms. The fourth-order valence-electron chi connectivity index (χ4n) is 5.43. The maximum atomic E-state index is 13.4. The van der Waals surface area contributed by atoms with Gasteiger partial charge in [-0.05, 0) is 66.9 Å². The number of piperidine rings is 1. The number of benzene rings is 3. The van der Waals surface area contributed by atoms with Crippen molar-refractivity contribution in [1.82, 2.24) is 4.90 Å². The Balaban J connectivity index is 1.06. The van der Waals surface area contributed by atoms with Crippen LogP contribution < -0.4 is 18.9 Å². The van der Waals surface area contributed by atoms with E-state index in [0.717, 1.165) is 60.0 Å². The molecule has 0 aliphatic carbocycles. The second-order valence-corrected chi connectivity index (χ2v) is 10.5. The van der Waals surface area contributed by atoms with Crippen LogP contribution in [0.4, 0.5) is 0 Å². The van der Waals surface area contributed by atoms with E-state index in [1.807, 2.05) is 42.5 Å². The van der Waals surface area contributed by atoms with Crippen LogP contribution in [0, 0.1) is 0 Å². The number of rotatable bonds is 7. The summed E-state index contributed by atoms with van der Waals surface area (Å²) in [5, 5.41) is 0. The standard InChI is InChI=1S/C29H29NO5S/c1-32-23-8-11-26(12-9-23)36-17-19-2-4-20(5-3-19)29(31)30-21-6-7-22(30)15-25(14-21)35-24-10-13-27-28(16-24)34-18-33-27/h2-5,8-13,16,21-22,25H,6-7,14-15,17-18H2,1H3. The summed E-state index contributed by atoms with van der Waals surface area (Å²) in [6, 6.07) is 22.3. The highest BCUT2D eigenvalue weighted by molar-refractivity contribution is 7.98. The summed E-state index contributed by atoms with van der Waals surface area (Å²) in [5.41, 5.74) is 1.96. The van der Waals surface area contributed by atoms with E-state index in [1.54, 1.807) is 18.9 Å². The number of carbonyl (C=O) groups is 1. The second kappa shape index (κ2) is 9.97. The fraction of sp³-hybridized carbons (Fsp3) is 0.345. The van der Waals surface area contributed by atoms with E-state index in [0.29, 0.717) is 0 Å². The van der Waals surface area contributed by atoms with Gasteiger partial charge >= 0.3 is 0 Å². The minimum atomic E-state index is 0.101. The average Bonchev–Trinajstić information content (AvgIpc) is 3.49. The molecule has 3 aliphatic rings. The molecule has 2 bridgehead atoms. The van der Waals surface area contributed by atoms with Gasteiger partial charge in [0.15, 0.2) is 11.5 Å². The summed E-state index contributed by atoms with van der Waals surface area (Å²) in [5.74, 6) is 4.14. The Labute approximate surface area is 215 Å². The highest BCUT2D eigenvalue weighted by Gasteiger charge is 2.44. The number of ether oxygens (including phenoxy) is 4. The first-order valence-electron chi connectivity index (χ1n) is 12.4.